The molecule has 0 atom stereocenters. The van der Waals surface area contributed by atoms with Gasteiger partial charge in [0, 0.05) is 29.1 Å². The van der Waals surface area contributed by atoms with Crippen molar-refractivity contribution in [2.45, 2.75) is 38.0 Å². The molecule has 34 heavy (non-hydrogen) atoms. The molecule has 0 radical (unpaired) electrons. The first-order chi connectivity index (χ1) is 16.4. The minimum absolute atomic E-state index is 0.447. The maximum absolute atomic E-state index is 6.44. The van der Waals surface area contributed by atoms with Crippen LogP contribution in [-0.4, -0.2) is 0 Å². The third-order valence-corrected chi connectivity index (χ3v) is 8.55. The topological polar surface area (TPSA) is 70.5 Å². The third-order valence-electron chi connectivity index (χ3n) is 7.93. The summed E-state index contributed by atoms with van der Waals surface area (Å²) in [4.78, 5) is 0. The van der Waals surface area contributed by atoms with Gasteiger partial charge in [-0.1, -0.05) is 23.2 Å². The molecule has 176 valence electrons. The average molecular weight is 495 g/mol. The third kappa shape index (κ3) is 4.08. The molecule has 4 aliphatic carbocycles. The van der Waals surface area contributed by atoms with Gasteiger partial charge in [-0.3, -0.25) is 0 Å². The molecule has 0 amide bonds. The second-order valence-electron chi connectivity index (χ2n) is 10.2. The zero-order valence-electron chi connectivity index (χ0n) is 18.8. The molecule has 6 heteroatoms. The fraction of sp³-hybridized carbons (Fsp3) is 0.357. The van der Waals surface area contributed by atoms with Crippen molar-refractivity contribution in [2.24, 2.45) is 23.7 Å². The molecule has 4 fully saturated rings. The first-order valence-corrected chi connectivity index (χ1v) is 12.8. The summed E-state index contributed by atoms with van der Waals surface area (Å²) in [5, 5.41) is 1.06. The molecule has 3 aromatic rings. The van der Waals surface area contributed by atoms with Gasteiger partial charge in [0.1, 0.15) is 23.0 Å². The minimum Gasteiger partial charge on any atom is -0.456 e. The fourth-order valence-corrected chi connectivity index (χ4v) is 7.13. The Labute approximate surface area is 210 Å². The Morgan fingerprint density at radius 2 is 1.18 bits per heavy atom. The standard InChI is InChI=1S/C28H28Cl2N2O2/c29-23-4-1-19(31)12-26(23)33-21-3-6-25(34-27-13-20(32)2-5-24(27)30)22(14-21)28-17-8-15-7-16(10-17)11-18(28)9-15/h1-6,12-18,28H,7-11,31-32H2. The molecule has 7 rings (SSSR count). The maximum atomic E-state index is 6.44. The molecule has 0 saturated heterocycles. The highest BCUT2D eigenvalue weighted by Gasteiger charge is 2.49. The molecular formula is C28H28Cl2N2O2. The van der Waals surface area contributed by atoms with Crippen molar-refractivity contribution in [2.75, 3.05) is 11.5 Å². The van der Waals surface area contributed by atoms with Crippen LogP contribution in [0.15, 0.2) is 54.6 Å². The molecule has 4 aliphatic rings. The van der Waals surface area contributed by atoms with Gasteiger partial charge in [0.05, 0.1) is 10.0 Å². The van der Waals surface area contributed by atoms with Crippen LogP contribution in [0, 0.1) is 23.7 Å². The molecule has 0 heterocycles. The molecule has 4 nitrogen and oxygen atoms in total. The zero-order valence-corrected chi connectivity index (χ0v) is 20.4. The number of hydrogen-bond acceptors (Lipinski definition) is 4. The second kappa shape index (κ2) is 8.58. The van der Waals surface area contributed by atoms with Crippen molar-refractivity contribution in [3.05, 3.63) is 70.2 Å². The number of rotatable bonds is 5. The lowest BCUT2D eigenvalue weighted by Gasteiger charge is -2.54. The average Bonchev–Trinajstić information content (AvgIpc) is 2.79. The lowest BCUT2D eigenvalue weighted by atomic mass is 9.50. The van der Waals surface area contributed by atoms with Gasteiger partial charge in [-0.05, 0) is 104 Å². The van der Waals surface area contributed by atoms with E-state index in [0.717, 1.165) is 23.3 Å². The fourth-order valence-electron chi connectivity index (χ4n) is 6.82. The Balaban J connectivity index is 1.40. The van der Waals surface area contributed by atoms with Crippen molar-refractivity contribution in [3.8, 4) is 23.0 Å². The molecule has 0 spiro atoms. The summed E-state index contributed by atoms with van der Waals surface area (Å²) in [6.45, 7) is 0. The van der Waals surface area contributed by atoms with Gasteiger partial charge in [-0.15, -0.1) is 0 Å². The van der Waals surface area contributed by atoms with E-state index in [2.05, 4.69) is 6.07 Å². The smallest absolute Gasteiger partial charge is 0.148 e. The van der Waals surface area contributed by atoms with Crippen LogP contribution >= 0.6 is 23.2 Å². The van der Waals surface area contributed by atoms with Gasteiger partial charge in [-0.25, -0.2) is 0 Å². The lowest BCUT2D eigenvalue weighted by Crippen LogP contribution is -2.43. The van der Waals surface area contributed by atoms with Crippen molar-refractivity contribution < 1.29 is 9.47 Å². The van der Waals surface area contributed by atoms with E-state index in [1.165, 1.54) is 37.7 Å². The first kappa shape index (κ1) is 21.9. The van der Waals surface area contributed by atoms with Crippen LogP contribution in [0.25, 0.3) is 0 Å². The number of anilines is 2. The van der Waals surface area contributed by atoms with Crippen LogP contribution in [0.3, 0.4) is 0 Å². The predicted octanol–water partition coefficient (Wildman–Crippen LogP) is 8.28. The Morgan fingerprint density at radius 3 is 1.76 bits per heavy atom. The molecule has 4 saturated carbocycles. The lowest BCUT2D eigenvalue weighted by molar-refractivity contribution is -0.00339. The largest absolute Gasteiger partial charge is 0.456 e. The van der Waals surface area contributed by atoms with Gasteiger partial charge in [0.15, 0.2) is 0 Å². The van der Waals surface area contributed by atoms with Crippen LogP contribution in [0.1, 0.15) is 43.6 Å². The van der Waals surface area contributed by atoms with E-state index in [1.807, 2.05) is 12.1 Å². The van der Waals surface area contributed by atoms with Gasteiger partial charge in [0.2, 0.25) is 0 Å². The van der Waals surface area contributed by atoms with Crippen molar-refractivity contribution in [3.63, 3.8) is 0 Å². The molecule has 0 unspecified atom stereocenters. The Morgan fingerprint density at radius 1 is 0.618 bits per heavy atom. The van der Waals surface area contributed by atoms with Crippen molar-refractivity contribution in [1.29, 1.82) is 0 Å². The first-order valence-electron chi connectivity index (χ1n) is 12.0. The maximum Gasteiger partial charge on any atom is 0.148 e. The molecule has 4 bridgehead atoms. The summed E-state index contributed by atoms with van der Waals surface area (Å²) < 4.78 is 12.6. The van der Waals surface area contributed by atoms with Gasteiger partial charge in [0.25, 0.3) is 0 Å². The van der Waals surface area contributed by atoms with E-state index in [0.29, 0.717) is 50.7 Å². The zero-order chi connectivity index (χ0) is 23.4. The predicted molar refractivity (Wildman–Crippen MR) is 138 cm³/mol. The summed E-state index contributed by atoms with van der Waals surface area (Å²) in [5.41, 5.74) is 14.4. The van der Waals surface area contributed by atoms with Gasteiger partial charge >= 0.3 is 0 Å². The van der Waals surface area contributed by atoms with E-state index in [4.69, 9.17) is 44.1 Å². The Kier molecular flexibility index (Phi) is 5.54. The highest BCUT2D eigenvalue weighted by atomic mass is 35.5. The van der Waals surface area contributed by atoms with Crippen molar-refractivity contribution >= 4 is 34.6 Å². The van der Waals surface area contributed by atoms with E-state index in [-0.39, 0.29) is 0 Å². The quantitative estimate of drug-likeness (QED) is 0.350. The summed E-state index contributed by atoms with van der Waals surface area (Å²) >= 11 is 12.8. The molecule has 4 N–H and O–H groups in total. The number of benzene rings is 3. The summed E-state index contributed by atoms with van der Waals surface area (Å²) in [7, 11) is 0. The van der Waals surface area contributed by atoms with E-state index in [1.54, 1.807) is 36.4 Å². The SMILES string of the molecule is Nc1ccc(Cl)c(Oc2ccc(Oc3cc(N)ccc3Cl)c(C3C4CC5CC(C4)CC3C5)c2)c1. The van der Waals surface area contributed by atoms with Crippen LogP contribution < -0.4 is 20.9 Å². The Bertz CT molecular complexity index is 1220. The molecule has 0 aromatic heterocycles. The number of ether oxygens (including phenoxy) is 2. The van der Waals surface area contributed by atoms with Crippen LogP contribution in [0.2, 0.25) is 10.0 Å². The van der Waals surface area contributed by atoms with Gasteiger partial charge in [-0.2, -0.15) is 0 Å². The minimum atomic E-state index is 0.447. The molecule has 0 aliphatic heterocycles. The number of nitrogens with two attached hydrogens (primary N) is 2. The highest BCUT2D eigenvalue weighted by molar-refractivity contribution is 6.32. The normalized spacial score (nSPS) is 27.1. The van der Waals surface area contributed by atoms with E-state index >= 15 is 0 Å². The van der Waals surface area contributed by atoms with Crippen LogP contribution in [-0.2, 0) is 0 Å². The highest BCUT2D eigenvalue weighted by Crippen LogP contribution is 2.61. The van der Waals surface area contributed by atoms with E-state index in [9.17, 15) is 0 Å². The van der Waals surface area contributed by atoms with Crippen LogP contribution in [0.5, 0.6) is 23.0 Å². The number of hydrogen-bond donors (Lipinski definition) is 2. The summed E-state index contributed by atoms with van der Waals surface area (Å²) in [5.74, 6) is 6.24. The Hall–Kier alpha value is -2.56. The monoisotopic (exact) mass is 494 g/mol. The summed E-state index contributed by atoms with van der Waals surface area (Å²) in [6, 6.07) is 16.6. The van der Waals surface area contributed by atoms with Gasteiger partial charge < -0.3 is 20.9 Å². The van der Waals surface area contributed by atoms with Crippen LogP contribution in [0.4, 0.5) is 11.4 Å². The summed E-state index contributed by atoms with van der Waals surface area (Å²) in [6.07, 6.45) is 6.65. The second-order valence-corrected chi connectivity index (χ2v) is 11.1. The number of halogens is 2. The molecular weight excluding hydrogens is 467 g/mol. The number of nitrogen functional groups attached to an aromatic ring is 2. The molecule has 3 aromatic carbocycles. The van der Waals surface area contributed by atoms with E-state index < -0.39 is 0 Å². The van der Waals surface area contributed by atoms with Crippen molar-refractivity contribution in [1.82, 2.24) is 0 Å².